The molecule has 16 heteroatoms. The SMILES string of the molecule is CC[C@]12C=CCN3CC[C@@]4(c5cc([C@@]6(C(=O)OC)C[C@@H]7C[C@@H](C(C)(F)F)CN(CCc8c6[nH]c6ccc(SC)cc86)C7)c(OC)cc5N(C=O)[C@H]4[C@@](O)(C(=O)OC)[C@@H]1OC(C)=O)[C@@H]32. The zero-order valence-electron chi connectivity index (χ0n) is 36.8. The second-order valence-corrected chi connectivity index (χ2v) is 19.5. The van der Waals surface area contributed by atoms with E-state index in [4.69, 9.17) is 18.9 Å². The largest absolute Gasteiger partial charge is 0.496 e. The maximum Gasteiger partial charge on any atom is 0.344 e. The molecule has 9 rings (SSSR count). The third-order valence-corrected chi connectivity index (χ3v) is 16.5. The van der Waals surface area contributed by atoms with Gasteiger partial charge in [-0.05, 0) is 93.1 Å². The van der Waals surface area contributed by atoms with Gasteiger partial charge in [-0.1, -0.05) is 19.1 Å². The van der Waals surface area contributed by atoms with E-state index in [-0.39, 0.29) is 25.1 Å². The number of nitrogens with zero attached hydrogens (tertiary/aromatic N) is 3. The van der Waals surface area contributed by atoms with Crippen LogP contribution in [-0.4, -0.2) is 134 Å². The minimum Gasteiger partial charge on any atom is -0.496 e. The van der Waals surface area contributed by atoms with Crippen LogP contribution in [0, 0.1) is 17.3 Å². The van der Waals surface area contributed by atoms with Gasteiger partial charge in [0, 0.05) is 89.0 Å². The summed E-state index contributed by atoms with van der Waals surface area (Å²) in [6, 6.07) is 7.81. The normalized spacial score (nSPS) is 34.4. The zero-order valence-corrected chi connectivity index (χ0v) is 37.6. The lowest BCUT2D eigenvalue weighted by Crippen LogP contribution is -2.81. The Kier molecular flexibility index (Phi) is 10.6. The van der Waals surface area contributed by atoms with Crippen LogP contribution in [0.25, 0.3) is 10.9 Å². The van der Waals surface area contributed by atoms with Gasteiger partial charge >= 0.3 is 17.9 Å². The zero-order chi connectivity index (χ0) is 45.0. The molecule has 3 aromatic rings. The molecule has 6 heterocycles. The van der Waals surface area contributed by atoms with Crippen LogP contribution in [0.1, 0.15) is 68.8 Å². The molecule has 63 heavy (non-hydrogen) atoms. The van der Waals surface area contributed by atoms with Crippen molar-refractivity contribution in [2.45, 2.75) is 98.3 Å². The van der Waals surface area contributed by atoms with E-state index in [1.165, 1.54) is 26.0 Å². The van der Waals surface area contributed by atoms with Gasteiger partial charge in [0.25, 0.3) is 0 Å². The van der Waals surface area contributed by atoms with Crippen LogP contribution in [0.4, 0.5) is 14.5 Å². The predicted octanol–water partition coefficient (Wildman–Crippen LogP) is 5.37. The van der Waals surface area contributed by atoms with Gasteiger partial charge in [-0.3, -0.25) is 19.3 Å². The summed E-state index contributed by atoms with van der Waals surface area (Å²) in [4.78, 5) is 67.0. The van der Waals surface area contributed by atoms with Gasteiger partial charge in [0.2, 0.25) is 17.9 Å². The molecular weight excluding hydrogens is 835 g/mol. The molecule has 1 spiro atoms. The number of amides is 1. The molecule has 3 fully saturated rings. The number of rotatable bonds is 9. The van der Waals surface area contributed by atoms with E-state index in [0.717, 1.165) is 35.4 Å². The van der Waals surface area contributed by atoms with E-state index in [2.05, 4.69) is 20.9 Å². The van der Waals surface area contributed by atoms with Crippen molar-refractivity contribution in [3.63, 3.8) is 0 Å². The number of halogens is 2. The smallest absolute Gasteiger partial charge is 0.344 e. The lowest BCUT2D eigenvalue weighted by Gasteiger charge is -2.63. The quantitative estimate of drug-likeness (QED) is 0.0936. The van der Waals surface area contributed by atoms with Crippen molar-refractivity contribution in [2.75, 3.05) is 65.2 Å². The molecule has 0 radical (unpaired) electrons. The van der Waals surface area contributed by atoms with Crippen molar-refractivity contribution in [1.29, 1.82) is 0 Å². The highest BCUT2D eigenvalue weighted by Crippen LogP contribution is 2.68. The Balaban J connectivity index is 1.38. The third-order valence-electron chi connectivity index (χ3n) is 15.8. The molecule has 13 nitrogen and oxygen atoms in total. The molecule has 1 unspecified atom stereocenters. The van der Waals surface area contributed by atoms with E-state index in [9.17, 15) is 19.5 Å². The second kappa shape index (κ2) is 15.3. The molecule has 2 aromatic carbocycles. The number of aromatic nitrogens is 1. The van der Waals surface area contributed by atoms with Gasteiger partial charge in [-0.2, -0.15) is 0 Å². The summed E-state index contributed by atoms with van der Waals surface area (Å²) in [6.07, 6.45) is 6.40. The second-order valence-electron chi connectivity index (χ2n) is 18.6. The van der Waals surface area contributed by atoms with Gasteiger partial charge in [-0.25, -0.2) is 13.6 Å². The van der Waals surface area contributed by atoms with Gasteiger partial charge in [-0.15, -0.1) is 11.8 Å². The Hall–Kier alpha value is -4.51. The number of hydrogen-bond acceptors (Lipinski definition) is 12. The number of methoxy groups -OCH3 is 3. The number of hydrogen-bond donors (Lipinski definition) is 2. The average Bonchev–Trinajstić information content (AvgIpc) is 3.94. The molecular formula is C47H56F2N4O9S. The van der Waals surface area contributed by atoms with Crippen molar-refractivity contribution >= 4 is 52.7 Å². The minimum atomic E-state index is -2.97. The lowest BCUT2D eigenvalue weighted by molar-refractivity contribution is -0.228. The fraction of sp³-hybridized carbons (Fsp3) is 0.574. The average molecular weight is 891 g/mol. The summed E-state index contributed by atoms with van der Waals surface area (Å²) in [5.74, 6) is -6.50. The Morgan fingerprint density at radius 3 is 2.46 bits per heavy atom. The number of ether oxygens (including phenoxy) is 4. The number of esters is 3. The lowest BCUT2D eigenvalue weighted by atomic mass is 9.47. The number of thioether (sulfide) groups is 1. The molecule has 338 valence electrons. The number of aromatic amines is 1. The third kappa shape index (κ3) is 5.95. The fourth-order valence-corrected chi connectivity index (χ4v) is 13.9. The number of benzene rings is 2. The van der Waals surface area contributed by atoms with Crippen molar-refractivity contribution < 1.29 is 52.0 Å². The topological polar surface area (TPSA) is 151 Å². The van der Waals surface area contributed by atoms with Crippen molar-refractivity contribution in [1.82, 2.24) is 14.8 Å². The Morgan fingerprint density at radius 1 is 1.05 bits per heavy atom. The first-order chi connectivity index (χ1) is 30.0. The summed E-state index contributed by atoms with van der Waals surface area (Å²) in [5.41, 5.74) is -3.02. The first-order valence-corrected chi connectivity index (χ1v) is 23.0. The minimum absolute atomic E-state index is 0.0821. The van der Waals surface area contributed by atoms with Gasteiger partial charge < -0.3 is 38.8 Å². The van der Waals surface area contributed by atoms with Gasteiger partial charge in [0.05, 0.1) is 33.1 Å². The molecule has 2 saturated heterocycles. The molecule has 1 aromatic heterocycles. The number of aliphatic hydroxyl groups is 1. The monoisotopic (exact) mass is 890 g/mol. The highest BCUT2D eigenvalue weighted by Gasteiger charge is 2.81. The van der Waals surface area contributed by atoms with E-state index >= 15 is 13.6 Å². The van der Waals surface area contributed by atoms with Crippen LogP contribution < -0.4 is 9.64 Å². The van der Waals surface area contributed by atoms with Crippen molar-refractivity contribution in [3.8, 4) is 5.75 Å². The van der Waals surface area contributed by atoms with Crippen molar-refractivity contribution in [2.24, 2.45) is 17.3 Å². The van der Waals surface area contributed by atoms with E-state index < -0.39 is 75.7 Å². The highest BCUT2D eigenvalue weighted by atomic mass is 32.2. The molecule has 2 N–H and O–H groups in total. The molecule has 5 aliphatic heterocycles. The molecule has 2 bridgehead atoms. The number of alkyl halides is 2. The Bertz CT molecular complexity index is 2420. The number of carbonyl (C=O) groups is 4. The maximum atomic E-state index is 15.4. The number of piperidine rings is 1. The standard InChI is InChI=1S/C47H56F2N4O9S/c1-8-44-13-9-15-52-17-14-45(38(44)52)32-20-33(36(59-4)21-35(32)53(25-54)39(45)47(58,42(57)61-6)40(44)62-26(2)55)46(41(56)60-5)22-27-18-28(43(3,48)49)24-51(23-27)16-12-30-31-19-29(63-7)10-11-34(31)50-37(30)46/h9-11,13,19-21,25,27-28,38-40,50,58H,8,12,14-18,22-24H2,1-7H3/t27-,28+,38-,39+,40+,44+,45+,46-,47-/m0/s1. The van der Waals surface area contributed by atoms with Gasteiger partial charge in [0.1, 0.15) is 11.2 Å². The number of fused-ring (bicyclic) bond motifs is 6. The Labute approximate surface area is 369 Å². The first-order valence-electron chi connectivity index (χ1n) is 21.8. The van der Waals surface area contributed by atoms with Gasteiger partial charge in [0.15, 0.2) is 6.10 Å². The summed E-state index contributed by atoms with van der Waals surface area (Å²) in [6.45, 7) is 6.32. The van der Waals surface area contributed by atoms with Crippen LogP contribution in [-0.2, 0) is 50.6 Å². The predicted molar refractivity (Wildman–Crippen MR) is 231 cm³/mol. The molecule has 1 aliphatic carbocycles. The summed E-state index contributed by atoms with van der Waals surface area (Å²) >= 11 is 1.59. The maximum absolute atomic E-state index is 15.4. The number of nitrogens with one attached hydrogen (secondary N) is 1. The van der Waals surface area contributed by atoms with Crippen LogP contribution in [0.2, 0.25) is 0 Å². The van der Waals surface area contributed by atoms with Crippen molar-refractivity contribution in [3.05, 3.63) is 64.9 Å². The first kappa shape index (κ1) is 43.7. The van der Waals surface area contributed by atoms with E-state index in [1.807, 2.05) is 43.5 Å². The molecule has 10 atom stereocenters. The van der Waals surface area contributed by atoms with Crippen LogP contribution in [0.15, 0.2) is 47.4 Å². The summed E-state index contributed by atoms with van der Waals surface area (Å²) in [7, 11) is 3.95. The number of H-pyrrole nitrogens is 1. The molecule has 1 amide bonds. The van der Waals surface area contributed by atoms with E-state index in [1.54, 1.807) is 17.8 Å². The van der Waals surface area contributed by atoms with Crippen LogP contribution in [0.3, 0.4) is 0 Å². The Morgan fingerprint density at radius 2 is 1.81 bits per heavy atom. The molecule has 1 saturated carbocycles. The van der Waals surface area contributed by atoms with Crippen LogP contribution in [0.5, 0.6) is 5.75 Å². The molecule has 6 aliphatic rings. The summed E-state index contributed by atoms with van der Waals surface area (Å²) in [5, 5.41) is 14.2. The fourth-order valence-electron chi connectivity index (χ4n) is 13.4. The number of carbonyl (C=O) groups excluding carboxylic acids is 4. The highest BCUT2D eigenvalue weighted by molar-refractivity contribution is 7.98. The van der Waals surface area contributed by atoms with E-state index in [0.29, 0.717) is 74.4 Å². The number of anilines is 1. The van der Waals surface area contributed by atoms with Crippen LogP contribution >= 0.6 is 11.8 Å². The summed E-state index contributed by atoms with van der Waals surface area (Å²) < 4.78 is 54.5.